The van der Waals surface area contributed by atoms with Gasteiger partial charge in [0.25, 0.3) is 0 Å². The lowest BCUT2D eigenvalue weighted by atomic mass is 9.92. The van der Waals surface area contributed by atoms with Crippen LogP contribution in [0.15, 0.2) is 12.5 Å². The van der Waals surface area contributed by atoms with Crippen molar-refractivity contribution in [2.75, 3.05) is 13.2 Å². The van der Waals surface area contributed by atoms with Crippen molar-refractivity contribution in [2.24, 2.45) is 5.92 Å². The number of hydrogen-bond donors (Lipinski definition) is 1. The molecule has 1 aliphatic rings. The van der Waals surface area contributed by atoms with Crippen LogP contribution < -0.4 is 0 Å². The van der Waals surface area contributed by atoms with Crippen LogP contribution in [0.3, 0.4) is 0 Å². The van der Waals surface area contributed by atoms with E-state index in [9.17, 15) is 5.11 Å². The molecule has 0 aliphatic carbocycles. The van der Waals surface area contributed by atoms with Crippen LogP contribution in [0, 0.1) is 5.92 Å². The second-order valence-corrected chi connectivity index (χ2v) is 4.00. The van der Waals surface area contributed by atoms with Gasteiger partial charge in [0.2, 0.25) is 0 Å². The third-order valence-corrected chi connectivity index (χ3v) is 3.10. The van der Waals surface area contributed by atoms with Crippen LogP contribution in [0.2, 0.25) is 0 Å². The molecule has 84 valence electrons. The lowest BCUT2D eigenvalue weighted by molar-refractivity contribution is 0.00429. The Balaban J connectivity index is 2.08. The van der Waals surface area contributed by atoms with Crippen molar-refractivity contribution < 1.29 is 9.84 Å². The van der Waals surface area contributed by atoms with Crippen LogP contribution in [0.25, 0.3) is 0 Å². The Bertz CT molecular complexity index is 305. The molecule has 0 amide bonds. The van der Waals surface area contributed by atoms with Crippen LogP contribution in [0.4, 0.5) is 0 Å². The minimum Gasteiger partial charge on any atom is -0.387 e. The molecule has 2 rings (SSSR count). The quantitative estimate of drug-likeness (QED) is 0.819. The van der Waals surface area contributed by atoms with E-state index in [1.807, 2.05) is 4.57 Å². The van der Waals surface area contributed by atoms with E-state index in [1.54, 1.807) is 12.5 Å². The van der Waals surface area contributed by atoms with Crippen LogP contribution in [0.1, 0.15) is 31.6 Å². The number of aromatic nitrogens is 2. The van der Waals surface area contributed by atoms with Crippen LogP contribution in [-0.2, 0) is 11.3 Å². The summed E-state index contributed by atoms with van der Waals surface area (Å²) in [6, 6.07) is 0. The van der Waals surface area contributed by atoms with Crippen LogP contribution in [-0.4, -0.2) is 27.9 Å². The molecule has 1 atom stereocenters. The number of imidazole rings is 1. The molecule has 0 radical (unpaired) electrons. The monoisotopic (exact) mass is 210 g/mol. The Kier molecular flexibility index (Phi) is 3.38. The van der Waals surface area contributed by atoms with Crippen LogP contribution in [0.5, 0.6) is 0 Å². The summed E-state index contributed by atoms with van der Waals surface area (Å²) in [7, 11) is 0. The highest BCUT2D eigenvalue weighted by Crippen LogP contribution is 2.29. The average molecular weight is 210 g/mol. The van der Waals surface area contributed by atoms with Crippen molar-refractivity contribution in [3.8, 4) is 0 Å². The second kappa shape index (κ2) is 4.77. The fourth-order valence-corrected chi connectivity index (χ4v) is 2.11. The smallest absolute Gasteiger partial charge is 0.0985 e. The van der Waals surface area contributed by atoms with Crippen molar-refractivity contribution in [1.82, 2.24) is 9.55 Å². The first-order valence-corrected chi connectivity index (χ1v) is 5.58. The first-order chi connectivity index (χ1) is 7.33. The Hall–Kier alpha value is -0.870. The molecule has 4 nitrogen and oxygen atoms in total. The predicted molar refractivity (Wildman–Crippen MR) is 56.4 cm³/mol. The van der Waals surface area contributed by atoms with Gasteiger partial charge in [0.1, 0.15) is 0 Å². The van der Waals surface area contributed by atoms with E-state index < -0.39 is 6.10 Å². The molecule has 1 aromatic heterocycles. The number of hydrogen-bond acceptors (Lipinski definition) is 3. The molecule has 1 saturated heterocycles. The summed E-state index contributed by atoms with van der Waals surface area (Å²) in [4.78, 5) is 4.08. The van der Waals surface area contributed by atoms with Crippen LogP contribution >= 0.6 is 0 Å². The first-order valence-electron chi connectivity index (χ1n) is 5.58. The third kappa shape index (κ3) is 2.21. The zero-order chi connectivity index (χ0) is 10.7. The van der Waals surface area contributed by atoms with E-state index in [4.69, 9.17) is 4.74 Å². The Labute approximate surface area is 89.9 Å². The first kappa shape index (κ1) is 10.6. The van der Waals surface area contributed by atoms with Gasteiger partial charge in [-0.15, -0.1) is 0 Å². The molecule has 4 heteroatoms. The molecule has 0 bridgehead atoms. The Morgan fingerprint density at radius 2 is 2.33 bits per heavy atom. The molecule has 0 spiro atoms. The van der Waals surface area contributed by atoms with E-state index in [2.05, 4.69) is 11.9 Å². The molecular weight excluding hydrogens is 192 g/mol. The van der Waals surface area contributed by atoms with Crippen molar-refractivity contribution in [2.45, 2.75) is 32.4 Å². The maximum absolute atomic E-state index is 10.2. The summed E-state index contributed by atoms with van der Waals surface area (Å²) in [6.45, 7) is 4.45. The molecule has 15 heavy (non-hydrogen) atoms. The fourth-order valence-electron chi connectivity index (χ4n) is 2.11. The van der Waals surface area contributed by atoms with Gasteiger partial charge in [-0.2, -0.15) is 0 Å². The number of ether oxygens (including phenoxy) is 1. The fraction of sp³-hybridized carbons (Fsp3) is 0.727. The van der Waals surface area contributed by atoms with Gasteiger partial charge in [-0.3, -0.25) is 0 Å². The van der Waals surface area contributed by atoms with Gasteiger partial charge in [-0.1, -0.05) is 0 Å². The zero-order valence-corrected chi connectivity index (χ0v) is 9.09. The van der Waals surface area contributed by atoms with E-state index in [-0.39, 0.29) is 0 Å². The van der Waals surface area contributed by atoms with Gasteiger partial charge in [0.15, 0.2) is 0 Å². The number of aliphatic hydroxyl groups is 1. The minimum absolute atomic E-state index is 0.320. The maximum atomic E-state index is 10.2. The second-order valence-electron chi connectivity index (χ2n) is 4.00. The van der Waals surface area contributed by atoms with Gasteiger partial charge in [-0.05, 0) is 25.7 Å². The van der Waals surface area contributed by atoms with E-state index in [0.29, 0.717) is 5.92 Å². The highest BCUT2D eigenvalue weighted by molar-refractivity contribution is 5.04. The molecule has 1 unspecified atom stereocenters. The molecular formula is C11H18N2O2. The summed E-state index contributed by atoms with van der Waals surface area (Å²) in [6.07, 6.45) is 5.03. The third-order valence-electron chi connectivity index (χ3n) is 3.10. The van der Waals surface area contributed by atoms with Gasteiger partial charge >= 0.3 is 0 Å². The van der Waals surface area contributed by atoms with Gasteiger partial charge in [-0.25, -0.2) is 4.98 Å². The van der Waals surface area contributed by atoms with Crippen molar-refractivity contribution in [3.63, 3.8) is 0 Å². The van der Waals surface area contributed by atoms with E-state index in [0.717, 1.165) is 38.3 Å². The molecule has 2 heterocycles. The number of aliphatic hydroxyl groups excluding tert-OH is 1. The summed E-state index contributed by atoms with van der Waals surface area (Å²) in [5, 5.41) is 10.2. The number of rotatable bonds is 3. The molecule has 1 N–H and O–H groups in total. The lowest BCUT2D eigenvalue weighted by Crippen LogP contribution is -2.23. The van der Waals surface area contributed by atoms with Crippen molar-refractivity contribution in [1.29, 1.82) is 0 Å². The van der Waals surface area contributed by atoms with Crippen molar-refractivity contribution >= 4 is 0 Å². The van der Waals surface area contributed by atoms with Gasteiger partial charge < -0.3 is 14.4 Å². The van der Waals surface area contributed by atoms with Crippen molar-refractivity contribution in [3.05, 3.63) is 18.2 Å². The molecule has 1 aliphatic heterocycles. The van der Waals surface area contributed by atoms with E-state index >= 15 is 0 Å². The highest BCUT2D eigenvalue weighted by atomic mass is 16.5. The van der Waals surface area contributed by atoms with Gasteiger partial charge in [0, 0.05) is 19.8 Å². The Morgan fingerprint density at radius 1 is 1.60 bits per heavy atom. The Morgan fingerprint density at radius 3 is 3.00 bits per heavy atom. The standard InChI is InChI=1S/C11H18N2O2/c1-2-13-8-12-7-10(13)11(14)9-3-5-15-6-4-9/h7-9,11,14H,2-6H2,1H3. The van der Waals surface area contributed by atoms with E-state index in [1.165, 1.54) is 0 Å². The summed E-state index contributed by atoms with van der Waals surface area (Å²) in [5.41, 5.74) is 0.935. The average Bonchev–Trinajstić information content (AvgIpc) is 2.77. The molecule has 1 fully saturated rings. The zero-order valence-electron chi connectivity index (χ0n) is 9.09. The molecule has 1 aromatic rings. The molecule has 0 saturated carbocycles. The largest absolute Gasteiger partial charge is 0.387 e. The number of nitrogens with zero attached hydrogens (tertiary/aromatic N) is 2. The maximum Gasteiger partial charge on any atom is 0.0985 e. The predicted octanol–water partition coefficient (Wildman–Crippen LogP) is 1.36. The summed E-state index contributed by atoms with van der Waals surface area (Å²) < 4.78 is 7.29. The molecule has 0 aromatic carbocycles. The van der Waals surface area contributed by atoms with Gasteiger partial charge in [0.05, 0.1) is 24.3 Å². The topological polar surface area (TPSA) is 47.3 Å². The summed E-state index contributed by atoms with van der Waals surface area (Å²) in [5.74, 6) is 0.320. The minimum atomic E-state index is -0.392. The SMILES string of the molecule is CCn1cncc1C(O)C1CCOCC1. The summed E-state index contributed by atoms with van der Waals surface area (Å²) >= 11 is 0. The highest BCUT2D eigenvalue weighted by Gasteiger charge is 2.25. The number of aryl methyl sites for hydroxylation is 1. The lowest BCUT2D eigenvalue weighted by Gasteiger charge is -2.27. The normalized spacial score (nSPS) is 20.4.